The fourth-order valence-electron chi connectivity index (χ4n) is 1.76. The molecule has 1 heterocycles. The number of likely N-dealkylation sites (tertiary alicyclic amines) is 1. The predicted octanol–water partition coefficient (Wildman–Crippen LogP) is 2.34. The Labute approximate surface area is 108 Å². The summed E-state index contributed by atoms with van der Waals surface area (Å²) in [6.45, 7) is 8.35. The van der Waals surface area contributed by atoms with Crippen molar-refractivity contribution in [1.82, 2.24) is 4.90 Å². The molecule has 0 aromatic carbocycles. The van der Waals surface area contributed by atoms with Gasteiger partial charge in [0.1, 0.15) is 11.7 Å². The second-order valence-corrected chi connectivity index (χ2v) is 5.28. The Balaban J connectivity index is 2.38. The molecule has 0 aromatic heterocycles. The molecule has 0 atom stereocenters. The molecule has 1 fully saturated rings. The maximum atomic E-state index is 11.9. The average Bonchev–Trinajstić information content (AvgIpc) is 2.28. The van der Waals surface area contributed by atoms with Crippen LogP contribution in [-0.4, -0.2) is 41.8 Å². The molecule has 1 aliphatic rings. The Morgan fingerprint density at radius 2 is 1.83 bits per heavy atom. The molecule has 0 aliphatic carbocycles. The Bertz CT molecular complexity index is 306. The Kier molecular flexibility index (Phi) is 4.99. The van der Waals surface area contributed by atoms with E-state index in [4.69, 9.17) is 9.47 Å². The van der Waals surface area contributed by atoms with Crippen LogP contribution >= 0.6 is 0 Å². The van der Waals surface area contributed by atoms with Gasteiger partial charge in [-0.3, -0.25) is 4.79 Å². The van der Waals surface area contributed by atoms with Crippen LogP contribution in [0.25, 0.3) is 0 Å². The number of esters is 1. The number of rotatable bonds is 3. The SMILES string of the molecule is CCC(C)(C)OC(=O)N1CCC(OC(C)=O)CC1. The lowest BCUT2D eigenvalue weighted by atomic mass is 10.1. The van der Waals surface area contributed by atoms with Crippen molar-refractivity contribution in [1.29, 1.82) is 0 Å². The van der Waals surface area contributed by atoms with E-state index in [1.165, 1.54) is 6.92 Å². The zero-order valence-corrected chi connectivity index (χ0v) is 11.7. The molecule has 1 saturated heterocycles. The molecule has 0 bridgehead atoms. The Hall–Kier alpha value is -1.26. The lowest BCUT2D eigenvalue weighted by Gasteiger charge is -2.33. The lowest BCUT2D eigenvalue weighted by molar-refractivity contribution is -0.148. The van der Waals surface area contributed by atoms with Crippen LogP contribution in [0.2, 0.25) is 0 Å². The third kappa shape index (κ3) is 4.55. The van der Waals surface area contributed by atoms with Crippen molar-refractivity contribution in [2.75, 3.05) is 13.1 Å². The summed E-state index contributed by atoms with van der Waals surface area (Å²) in [5.41, 5.74) is -0.427. The van der Waals surface area contributed by atoms with Crippen molar-refractivity contribution in [3.8, 4) is 0 Å². The van der Waals surface area contributed by atoms with Crippen molar-refractivity contribution in [2.24, 2.45) is 0 Å². The first-order chi connectivity index (χ1) is 8.34. The predicted molar refractivity (Wildman–Crippen MR) is 67.2 cm³/mol. The molecule has 0 spiro atoms. The summed E-state index contributed by atoms with van der Waals surface area (Å²) >= 11 is 0. The molecule has 5 heteroatoms. The Morgan fingerprint density at radius 3 is 2.28 bits per heavy atom. The van der Waals surface area contributed by atoms with Gasteiger partial charge in [0.25, 0.3) is 0 Å². The largest absolute Gasteiger partial charge is 0.462 e. The highest BCUT2D eigenvalue weighted by Gasteiger charge is 2.28. The van der Waals surface area contributed by atoms with Crippen LogP contribution in [0.1, 0.15) is 47.0 Å². The van der Waals surface area contributed by atoms with Gasteiger partial charge in [0.05, 0.1) is 0 Å². The smallest absolute Gasteiger partial charge is 0.410 e. The summed E-state index contributed by atoms with van der Waals surface area (Å²) in [6, 6.07) is 0. The molecule has 104 valence electrons. The van der Waals surface area contributed by atoms with E-state index in [9.17, 15) is 9.59 Å². The summed E-state index contributed by atoms with van der Waals surface area (Å²) in [4.78, 5) is 24.4. The van der Waals surface area contributed by atoms with Crippen molar-refractivity contribution in [3.05, 3.63) is 0 Å². The second-order valence-electron chi connectivity index (χ2n) is 5.28. The first kappa shape index (κ1) is 14.8. The monoisotopic (exact) mass is 257 g/mol. The molecule has 5 nitrogen and oxygen atoms in total. The van der Waals surface area contributed by atoms with Gasteiger partial charge < -0.3 is 14.4 Å². The fraction of sp³-hybridized carbons (Fsp3) is 0.846. The van der Waals surface area contributed by atoms with Gasteiger partial charge in [-0.05, 0) is 20.3 Å². The maximum absolute atomic E-state index is 11.9. The normalized spacial score (nSPS) is 17.4. The highest BCUT2D eigenvalue weighted by Crippen LogP contribution is 2.19. The zero-order chi connectivity index (χ0) is 13.8. The highest BCUT2D eigenvalue weighted by molar-refractivity contribution is 5.68. The molecule has 0 saturated carbocycles. The number of carbonyl (C=O) groups is 2. The summed E-state index contributed by atoms with van der Waals surface area (Å²) in [5.74, 6) is -0.261. The number of amides is 1. The molecular formula is C13H23NO4. The van der Waals surface area contributed by atoms with Crippen LogP contribution < -0.4 is 0 Å². The Morgan fingerprint density at radius 1 is 1.28 bits per heavy atom. The van der Waals surface area contributed by atoms with Gasteiger partial charge in [-0.15, -0.1) is 0 Å². The molecule has 1 amide bonds. The van der Waals surface area contributed by atoms with E-state index in [1.54, 1.807) is 4.90 Å². The van der Waals surface area contributed by atoms with Gasteiger partial charge in [0.2, 0.25) is 0 Å². The van der Waals surface area contributed by atoms with E-state index in [0.717, 1.165) is 6.42 Å². The summed E-state index contributed by atoms with van der Waals surface area (Å²) in [7, 11) is 0. The molecule has 0 radical (unpaired) electrons. The molecule has 1 rings (SSSR count). The minimum absolute atomic E-state index is 0.0641. The van der Waals surface area contributed by atoms with Gasteiger partial charge >= 0.3 is 12.1 Å². The van der Waals surface area contributed by atoms with Crippen molar-refractivity contribution in [2.45, 2.75) is 58.7 Å². The molecular weight excluding hydrogens is 234 g/mol. The minimum Gasteiger partial charge on any atom is -0.462 e. The van der Waals surface area contributed by atoms with E-state index >= 15 is 0 Å². The molecule has 1 aliphatic heterocycles. The first-order valence-corrected chi connectivity index (χ1v) is 6.49. The number of piperidine rings is 1. The number of hydrogen-bond donors (Lipinski definition) is 0. The number of ether oxygens (including phenoxy) is 2. The number of carbonyl (C=O) groups excluding carboxylic acids is 2. The maximum Gasteiger partial charge on any atom is 0.410 e. The fourth-order valence-corrected chi connectivity index (χ4v) is 1.76. The van der Waals surface area contributed by atoms with E-state index in [-0.39, 0.29) is 18.2 Å². The third-order valence-electron chi connectivity index (χ3n) is 3.25. The van der Waals surface area contributed by atoms with E-state index in [0.29, 0.717) is 25.9 Å². The van der Waals surface area contributed by atoms with Crippen LogP contribution in [0.4, 0.5) is 4.79 Å². The van der Waals surface area contributed by atoms with E-state index in [1.807, 2.05) is 20.8 Å². The average molecular weight is 257 g/mol. The minimum atomic E-state index is -0.427. The number of hydrogen-bond acceptors (Lipinski definition) is 4. The van der Waals surface area contributed by atoms with Crippen LogP contribution in [0.3, 0.4) is 0 Å². The molecule has 18 heavy (non-hydrogen) atoms. The molecule has 0 N–H and O–H groups in total. The van der Waals surface area contributed by atoms with Gasteiger partial charge in [0.15, 0.2) is 0 Å². The van der Waals surface area contributed by atoms with Gasteiger partial charge in [-0.1, -0.05) is 6.92 Å². The van der Waals surface area contributed by atoms with Crippen LogP contribution in [0.15, 0.2) is 0 Å². The first-order valence-electron chi connectivity index (χ1n) is 6.49. The van der Waals surface area contributed by atoms with Crippen molar-refractivity contribution < 1.29 is 19.1 Å². The van der Waals surface area contributed by atoms with Crippen molar-refractivity contribution in [3.63, 3.8) is 0 Å². The molecule has 0 unspecified atom stereocenters. The highest BCUT2D eigenvalue weighted by atomic mass is 16.6. The van der Waals surface area contributed by atoms with Gasteiger partial charge in [0, 0.05) is 32.9 Å². The van der Waals surface area contributed by atoms with Gasteiger partial charge in [-0.25, -0.2) is 4.79 Å². The van der Waals surface area contributed by atoms with Crippen molar-refractivity contribution >= 4 is 12.1 Å². The standard InChI is InChI=1S/C13H23NO4/c1-5-13(3,4)18-12(16)14-8-6-11(7-9-14)17-10(2)15/h11H,5-9H2,1-4H3. The second kappa shape index (κ2) is 6.07. The summed E-state index contributed by atoms with van der Waals surface area (Å²) in [5, 5.41) is 0. The van der Waals surface area contributed by atoms with Crippen LogP contribution in [-0.2, 0) is 14.3 Å². The molecule has 0 aromatic rings. The summed E-state index contributed by atoms with van der Waals surface area (Å²) in [6.07, 6.45) is 1.80. The van der Waals surface area contributed by atoms with Crippen LogP contribution in [0.5, 0.6) is 0 Å². The van der Waals surface area contributed by atoms with Crippen LogP contribution in [0, 0.1) is 0 Å². The van der Waals surface area contributed by atoms with E-state index < -0.39 is 5.60 Å². The van der Waals surface area contributed by atoms with Gasteiger partial charge in [-0.2, -0.15) is 0 Å². The quantitative estimate of drug-likeness (QED) is 0.728. The topological polar surface area (TPSA) is 55.8 Å². The summed E-state index contributed by atoms with van der Waals surface area (Å²) < 4.78 is 10.5. The van der Waals surface area contributed by atoms with E-state index in [2.05, 4.69) is 0 Å². The lowest BCUT2D eigenvalue weighted by Crippen LogP contribution is -2.44. The zero-order valence-electron chi connectivity index (χ0n) is 11.7. The third-order valence-corrected chi connectivity index (χ3v) is 3.25. The number of nitrogens with zero attached hydrogens (tertiary/aromatic N) is 1.